The molecule has 0 atom stereocenters. The fourth-order valence-electron chi connectivity index (χ4n) is 2.00. The lowest BCUT2D eigenvalue weighted by atomic mass is 9.86. The highest BCUT2D eigenvalue weighted by Gasteiger charge is 2.35. The number of ether oxygens (including phenoxy) is 1. The van der Waals surface area contributed by atoms with E-state index >= 15 is 0 Å². The fraction of sp³-hybridized carbons (Fsp3) is 0.909. The SMILES string of the molecule is CC(C)SCC1(OC(N)=O)CCCCC1. The maximum Gasteiger partial charge on any atom is 0.405 e. The number of carbonyl (C=O) groups is 1. The smallest absolute Gasteiger partial charge is 0.405 e. The number of primary amides is 1. The van der Waals surface area contributed by atoms with E-state index in [1.165, 1.54) is 6.42 Å². The summed E-state index contributed by atoms with van der Waals surface area (Å²) in [6.07, 6.45) is 4.85. The molecule has 0 saturated heterocycles. The lowest BCUT2D eigenvalue weighted by molar-refractivity contribution is 0.00684. The van der Waals surface area contributed by atoms with Crippen LogP contribution in [-0.2, 0) is 4.74 Å². The maximum atomic E-state index is 10.9. The van der Waals surface area contributed by atoms with E-state index in [0.29, 0.717) is 5.25 Å². The van der Waals surface area contributed by atoms with Gasteiger partial charge in [-0.3, -0.25) is 0 Å². The van der Waals surface area contributed by atoms with Gasteiger partial charge in [-0.15, -0.1) is 0 Å². The summed E-state index contributed by atoms with van der Waals surface area (Å²) >= 11 is 1.85. The molecule has 88 valence electrons. The van der Waals surface area contributed by atoms with Gasteiger partial charge in [-0.2, -0.15) is 11.8 Å². The number of thioether (sulfide) groups is 1. The Morgan fingerprint density at radius 3 is 2.47 bits per heavy atom. The quantitative estimate of drug-likeness (QED) is 0.809. The van der Waals surface area contributed by atoms with Gasteiger partial charge in [0.15, 0.2) is 0 Å². The predicted octanol–water partition coefficient (Wildman–Crippen LogP) is 2.93. The molecule has 1 aliphatic carbocycles. The number of hydrogen-bond acceptors (Lipinski definition) is 3. The Morgan fingerprint density at radius 2 is 2.00 bits per heavy atom. The van der Waals surface area contributed by atoms with Gasteiger partial charge >= 0.3 is 6.09 Å². The minimum atomic E-state index is -0.624. The van der Waals surface area contributed by atoms with E-state index in [1.807, 2.05) is 11.8 Å². The highest BCUT2D eigenvalue weighted by Crippen LogP contribution is 2.35. The number of nitrogens with two attached hydrogens (primary N) is 1. The third-order valence-corrected chi connectivity index (χ3v) is 4.12. The first kappa shape index (κ1) is 12.7. The molecule has 0 heterocycles. The molecule has 0 unspecified atom stereocenters. The van der Waals surface area contributed by atoms with Crippen molar-refractivity contribution in [2.75, 3.05) is 5.75 Å². The van der Waals surface area contributed by atoms with E-state index in [-0.39, 0.29) is 5.60 Å². The minimum Gasteiger partial charge on any atom is -0.442 e. The van der Waals surface area contributed by atoms with Gasteiger partial charge in [-0.25, -0.2) is 4.79 Å². The molecule has 0 aromatic heterocycles. The Labute approximate surface area is 96.1 Å². The first-order valence-corrected chi connectivity index (χ1v) is 6.69. The van der Waals surface area contributed by atoms with Crippen LogP contribution in [0, 0.1) is 0 Å². The molecule has 0 spiro atoms. The van der Waals surface area contributed by atoms with Crippen LogP contribution in [0.3, 0.4) is 0 Å². The average Bonchev–Trinajstić information content (AvgIpc) is 2.15. The van der Waals surface area contributed by atoms with Crippen LogP contribution in [0.4, 0.5) is 4.79 Å². The Morgan fingerprint density at radius 1 is 1.40 bits per heavy atom. The zero-order valence-corrected chi connectivity index (χ0v) is 10.4. The first-order valence-electron chi connectivity index (χ1n) is 5.64. The number of amides is 1. The van der Waals surface area contributed by atoms with Crippen molar-refractivity contribution < 1.29 is 9.53 Å². The zero-order valence-electron chi connectivity index (χ0n) is 9.62. The second-order valence-corrected chi connectivity index (χ2v) is 6.09. The molecule has 1 aliphatic rings. The van der Waals surface area contributed by atoms with Gasteiger partial charge in [0, 0.05) is 5.75 Å². The topological polar surface area (TPSA) is 52.3 Å². The van der Waals surface area contributed by atoms with Crippen molar-refractivity contribution in [1.29, 1.82) is 0 Å². The van der Waals surface area contributed by atoms with E-state index in [0.717, 1.165) is 31.4 Å². The van der Waals surface area contributed by atoms with E-state index < -0.39 is 6.09 Å². The molecular weight excluding hydrogens is 210 g/mol. The lowest BCUT2D eigenvalue weighted by Gasteiger charge is -2.36. The molecule has 0 bridgehead atoms. The first-order chi connectivity index (χ1) is 7.04. The van der Waals surface area contributed by atoms with Gasteiger partial charge in [-0.1, -0.05) is 20.3 Å². The van der Waals surface area contributed by atoms with Gasteiger partial charge < -0.3 is 10.5 Å². The largest absolute Gasteiger partial charge is 0.442 e. The van der Waals surface area contributed by atoms with Gasteiger partial charge in [-0.05, 0) is 30.9 Å². The Balaban J connectivity index is 2.53. The number of carbonyl (C=O) groups excluding carboxylic acids is 1. The summed E-state index contributed by atoms with van der Waals surface area (Å²) in [6, 6.07) is 0. The second-order valence-electron chi connectivity index (χ2n) is 4.52. The van der Waals surface area contributed by atoms with E-state index in [2.05, 4.69) is 13.8 Å². The Hall–Kier alpha value is -0.380. The fourth-order valence-corrected chi connectivity index (χ4v) is 2.99. The van der Waals surface area contributed by atoms with Gasteiger partial charge in [0.1, 0.15) is 5.60 Å². The van der Waals surface area contributed by atoms with Crippen molar-refractivity contribution >= 4 is 17.9 Å². The number of rotatable bonds is 4. The van der Waals surface area contributed by atoms with Crippen molar-refractivity contribution in [2.45, 2.75) is 56.8 Å². The lowest BCUT2D eigenvalue weighted by Crippen LogP contribution is -2.41. The summed E-state index contributed by atoms with van der Waals surface area (Å²) in [6.45, 7) is 4.32. The molecule has 15 heavy (non-hydrogen) atoms. The van der Waals surface area contributed by atoms with Crippen LogP contribution in [0.2, 0.25) is 0 Å². The Bertz CT molecular complexity index is 213. The normalized spacial score (nSPS) is 20.2. The van der Waals surface area contributed by atoms with Crippen LogP contribution in [0.25, 0.3) is 0 Å². The highest BCUT2D eigenvalue weighted by atomic mass is 32.2. The highest BCUT2D eigenvalue weighted by molar-refractivity contribution is 7.99. The van der Waals surface area contributed by atoms with Crippen LogP contribution in [0.1, 0.15) is 46.0 Å². The molecule has 0 radical (unpaired) electrons. The molecule has 0 aromatic rings. The van der Waals surface area contributed by atoms with Crippen molar-refractivity contribution in [3.8, 4) is 0 Å². The summed E-state index contributed by atoms with van der Waals surface area (Å²) < 4.78 is 5.35. The number of hydrogen-bond donors (Lipinski definition) is 1. The van der Waals surface area contributed by atoms with E-state index in [9.17, 15) is 4.79 Å². The van der Waals surface area contributed by atoms with Crippen molar-refractivity contribution in [1.82, 2.24) is 0 Å². The van der Waals surface area contributed by atoms with Crippen LogP contribution >= 0.6 is 11.8 Å². The third-order valence-electron chi connectivity index (χ3n) is 2.76. The van der Waals surface area contributed by atoms with E-state index in [1.54, 1.807) is 0 Å². The molecule has 1 amide bonds. The average molecular weight is 231 g/mol. The molecule has 4 heteroatoms. The minimum absolute atomic E-state index is 0.279. The maximum absolute atomic E-state index is 10.9. The molecule has 3 nitrogen and oxygen atoms in total. The van der Waals surface area contributed by atoms with Gasteiger partial charge in [0.25, 0.3) is 0 Å². The van der Waals surface area contributed by atoms with Crippen molar-refractivity contribution in [2.24, 2.45) is 5.73 Å². The van der Waals surface area contributed by atoms with E-state index in [4.69, 9.17) is 10.5 Å². The third kappa shape index (κ3) is 4.33. The monoisotopic (exact) mass is 231 g/mol. The molecule has 1 rings (SSSR count). The molecule has 1 fully saturated rings. The molecule has 0 aliphatic heterocycles. The molecule has 1 saturated carbocycles. The van der Waals surface area contributed by atoms with Crippen LogP contribution in [-0.4, -0.2) is 22.7 Å². The van der Waals surface area contributed by atoms with Crippen molar-refractivity contribution in [3.63, 3.8) is 0 Å². The Kier molecular flexibility index (Phi) is 4.77. The standard InChI is InChI=1S/C11H21NO2S/c1-9(2)15-8-11(14-10(12)13)6-4-3-5-7-11/h9H,3-8H2,1-2H3,(H2,12,13). The summed E-state index contributed by atoms with van der Waals surface area (Å²) in [7, 11) is 0. The van der Waals surface area contributed by atoms with Crippen LogP contribution in [0.5, 0.6) is 0 Å². The molecule has 0 aromatic carbocycles. The van der Waals surface area contributed by atoms with Gasteiger partial charge in [0.2, 0.25) is 0 Å². The van der Waals surface area contributed by atoms with Gasteiger partial charge in [0.05, 0.1) is 0 Å². The zero-order chi connectivity index (χ0) is 11.3. The van der Waals surface area contributed by atoms with Crippen LogP contribution in [0.15, 0.2) is 0 Å². The summed E-state index contributed by atoms with van der Waals surface area (Å²) in [5.74, 6) is 0.883. The predicted molar refractivity (Wildman–Crippen MR) is 64.1 cm³/mol. The van der Waals surface area contributed by atoms with Crippen LogP contribution < -0.4 is 5.73 Å². The second kappa shape index (κ2) is 5.64. The summed E-state index contributed by atoms with van der Waals surface area (Å²) in [5.41, 5.74) is 4.87. The van der Waals surface area contributed by atoms with Crippen molar-refractivity contribution in [3.05, 3.63) is 0 Å². The summed E-state index contributed by atoms with van der Waals surface area (Å²) in [4.78, 5) is 10.9. The molecular formula is C11H21NO2S. The summed E-state index contributed by atoms with van der Waals surface area (Å²) in [5, 5.41) is 0.570. The molecule has 2 N–H and O–H groups in total.